The largest absolute Gasteiger partial charge is 0.481 e. The average Bonchev–Trinajstić information content (AvgIpc) is 1.99. The Morgan fingerprint density at radius 3 is 2.42 bits per heavy atom. The molecule has 0 rings (SSSR count). The standard InChI is InChI=1S/C9H18O3/c1-3-7(2)4-5-8(10)6-9(11)12/h7-8,10H,3-6H2,1-2H3,(H,11,12)/t7-,8+/m0/s1. The fourth-order valence-corrected chi connectivity index (χ4v) is 0.985. The molecule has 0 aromatic carbocycles. The van der Waals surface area contributed by atoms with Crippen LogP contribution < -0.4 is 0 Å². The predicted octanol–water partition coefficient (Wildman–Crippen LogP) is 1.65. The van der Waals surface area contributed by atoms with Gasteiger partial charge in [0, 0.05) is 0 Å². The van der Waals surface area contributed by atoms with Crippen LogP contribution in [0.2, 0.25) is 0 Å². The summed E-state index contributed by atoms with van der Waals surface area (Å²) in [5, 5.41) is 17.5. The molecule has 0 aromatic heterocycles. The highest BCUT2D eigenvalue weighted by atomic mass is 16.4. The highest BCUT2D eigenvalue weighted by molar-refractivity contribution is 5.67. The Balaban J connectivity index is 3.43. The van der Waals surface area contributed by atoms with Crippen molar-refractivity contribution in [3.8, 4) is 0 Å². The molecule has 0 saturated carbocycles. The molecule has 0 fully saturated rings. The molecule has 12 heavy (non-hydrogen) atoms. The van der Waals surface area contributed by atoms with Crippen molar-refractivity contribution in [2.24, 2.45) is 5.92 Å². The Morgan fingerprint density at radius 2 is 2.00 bits per heavy atom. The van der Waals surface area contributed by atoms with E-state index in [0.717, 1.165) is 12.8 Å². The molecule has 0 radical (unpaired) electrons. The molecular weight excluding hydrogens is 156 g/mol. The van der Waals surface area contributed by atoms with Crippen LogP contribution in [0.15, 0.2) is 0 Å². The summed E-state index contributed by atoms with van der Waals surface area (Å²) in [4.78, 5) is 10.2. The van der Waals surface area contributed by atoms with E-state index in [9.17, 15) is 9.90 Å². The third kappa shape index (κ3) is 6.16. The number of aliphatic hydroxyl groups is 1. The summed E-state index contributed by atoms with van der Waals surface area (Å²) >= 11 is 0. The van der Waals surface area contributed by atoms with Gasteiger partial charge in [0.1, 0.15) is 0 Å². The van der Waals surface area contributed by atoms with E-state index in [-0.39, 0.29) is 6.42 Å². The molecule has 0 bridgehead atoms. The van der Waals surface area contributed by atoms with Crippen molar-refractivity contribution in [3.63, 3.8) is 0 Å². The van der Waals surface area contributed by atoms with E-state index >= 15 is 0 Å². The van der Waals surface area contributed by atoms with Crippen molar-refractivity contribution in [2.45, 2.75) is 45.6 Å². The Labute approximate surface area is 73.4 Å². The number of aliphatic hydroxyl groups excluding tert-OH is 1. The van der Waals surface area contributed by atoms with Crippen molar-refractivity contribution in [3.05, 3.63) is 0 Å². The molecule has 3 nitrogen and oxygen atoms in total. The molecule has 0 aliphatic carbocycles. The average molecular weight is 174 g/mol. The van der Waals surface area contributed by atoms with E-state index in [1.165, 1.54) is 0 Å². The second-order valence-corrected chi connectivity index (χ2v) is 3.34. The van der Waals surface area contributed by atoms with Gasteiger partial charge in [-0.2, -0.15) is 0 Å². The van der Waals surface area contributed by atoms with Crippen LogP contribution in [0.1, 0.15) is 39.5 Å². The van der Waals surface area contributed by atoms with Crippen molar-refractivity contribution in [2.75, 3.05) is 0 Å². The minimum atomic E-state index is -0.924. The summed E-state index contributed by atoms with van der Waals surface area (Å²) in [6, 6.07) is 0. The zero-order valence-electron chi connectivity index (χ0n) is 7.79. The summed E-state index contributed by atoms with van der Waals surface area (Å²) in [5.74, 6) is -0.347. The van der Waals surface area contributed by atoms with Gasteiger partial charge < -0.3 is 10.2 Å². The van der Waals surface area contributed by atoms with Crippen LogP contribution in [0, 0.1) is 5.92 Å². The normalized spacial score (nSPS) is 15.6. The van der Waals surface area contributed by atoms with Gasteiger partial charge in [0.15, 0.2) is 0 Å². The molecule has 0 aliphatic rings. The van der Waals surface area contributed by atoms with Gasteiger partial charge in [-0.15, -0.1) is 0 Å². The Kier molecular flexibility index (Phi) is 5.72. The van der Waals surface area contributed by atoms with Crippen LogP contribution in [-0.4, -0.2) is 22.3 Å². The van der Waals surface area contributed by atoms with Gasteiger partial charge >= 0.3 is 5.97 Å². The van der Waals surface area contributed by atoms with Crippen LogP contribution in [0.3, 0.4) is 0 Å². The summed E-state index contributed by atoms with van der Waals surface area (Å²) in [6.45, 7) is 4.20. The van der Waals surface area contributed by atoms with E-state index in [4.69, 9.17) is 5.11 Å². The first-order valence-corrected chi connectivity index (χ1v) is 4.46. The number of aliphatic carboxylic acids is 1. The van der Waals surface area contributed by atoms with E-state index in [1.54, 1.807) is 0 Å². The Bertz CT molecular complexity index is 134. The van der Waals surface area contributed by atoms with Crippen LogP contribution in [-0.2, 0) is 4.79 Å². The molecule has 2 N–H and O–H groups in total. The van der Waals surface area contributed by atoms with E-state index in [2.05, 4.69) is 13.8 Å². The summed E-state index contributed by atoms with van der Waals surface area (Å²) in [7, 11) is 0. The topological polar surface area (TPSA) is 57.5 Å². The SMILES string of the molecule is CC[C@H](C)CC[C@@H](O)CC(=O)O. The van der Waals surface area contributed by atoms with Crippen LogP contribution >= 0.6 is 0 Å². The maximum Gasteiger partial charge on any atom is 0.305 e. The Hall–Kier alpha value is -0.570. The lowest BCUT2D eigenvalue weighted by molar-refractivity contribution is -0.139. The van der Waals surface area contributed by atoms with Crippen LogP contribution in [0.5, 0.6) is 0 Å². The molecule has 72 valence electrons. The van der Waals surface area contributed by atoms with Crippen molar-refractivity contribution in [1.29, 1.82) is 0 Å². The highest BCUT2D eigenvalue weighted by Crippen LogP contribution is 2.12. The van der Waals surface area contributed by atoms with Gasteiger partial charge in [-0.1, -0.05) is 20.3 Å². The Morgan fingerprint density at radius 1 is 1.42 bits per heavy atom. The monoisotopic (exact) mass is 174 g/mol. The second-order valence-electron chi connectivity index (χ2n) is 3.34. The lowest BCUT2D eigenvalue weighted by atomic mass is 9.99. The number of carboxylic acids is 1. The molecule has 3 heteroatoms. The summed E-state index contributed by atoms with van der Waals surface area (Å²) in [6.07, 6.45) is 1.79. The third-order valence-corrected chi connectivity index (χ3v) is 2.10. The molecule has 0 unspecified atom stereocenters. The zero-order chi connectivity index (χ0) is 9.56. The fraction of sp³-hybridized carbons (Fsp3) is 0.889. The second kappa shape index (κ2) is 6.00. The molecule has 0 aliphatic heterocycles. The van der Waals surface area contributed by atoms with Crippen molar-refractivity contribution >= 4 is 5.97 Å². The smallest absolute Gasteiger partial charge is 0.305 e. The van der Waals surface area contributed by atoms with E-state index in [1.807, 2.05) is 0 Å². The van der Waals surface area contributed by atoms with Gasteiger partial charge in [-0.05, 0) is 18.8 Å². The lowest BCUT2D eigenvalue weighted by Crippen LogP contribution is -2.13. The molecule has 0 heterocycles. The molecule has 0 aromatic rings. The van der Waals surface area contributed by atoms with E-state index < -0.39 is 12.1 Å². The number of carboxylic acid groups (broad SMARTS) is 1. The number of carbonyl (C=O) groups is 1. The molecule has 0 saturated heterocycles. The number of rotatable bonds is 6. The third-order valence-electron chi connectivity index (χ3n) is 2.10. The molecule has 0 amide bonds. The van der Waals surface area contributed by atoms with Crippen LogP contribution in [0.4, 0.5) is 0 Å². The minimum Gasteiger partial charge on any atom is -0.481 e. The van der Waals surface area contributed by atoms with E-state index in [0.29, 0.717) is 12.3 Å². The first-order chi connectivity index (χ1) is 5.56. The highest BCUT2D eigenvalue weighted by Gasteiger charge is 2.10. The number of hydrogen-bond donors (Lipinski definition) is 2. The maximum atomic E-state index is 10.2. The van der Waals surface area contributed by atoms with Crippen LogP contribution in [0.25, 0.3) is 0 Å². The number of hydrogen-bond acceptors (Lipinski definition) is 2. The summed E-state index contributed by atoms with van der Waals surface area (Å²) < 4.78 is 0. The first-order valence-electron chi connectivity index (χ1n) is 4.46. The maximum absolute atomic E-state index is 10.2. The molecule has 0 spiro atoms. The van der Waals surface area contributed by atoms with Gasteiger partial charge in [0.05, 0.1) is 12.5 Å². The van der Waals surface area contributed by atoms with Gasteiger partial charge in [0.25, 0.3) is 0 Å². The summed E-state index contributed by atoms with van der Waals surface area (Å²) in [5.41, 5.74) is 0. The van der Waals surface area contributed by atoms with Crippen molar-refractivity contribution in [1.82, 2.24) is 0 Å². The predicted molar refractivity (Wildman–Crippen MR) is 46.9 cm³/mol. The molecule has 2 atom stereocenters. The van der Waals surface area contributed by atoms with Gasteiger partial charge in [0.2, 0.25) is 0 Å². The lowest BCUT2D eigenvalue weighted by Gasteiger charge is -2.11. The van der Waals surface area contributed by atoms with Gasteiger partial charge in [-0.25, -0.2) is 0 Å². The first kappa shape index (κ1) is 11.4. The quantitative estimate of drug-likeness (QED) is 0.643. The zero-order valence-corrected chi connectivity index (χ0v) is 7.79. The fourth-order valence-electron chi connectivity index (χ4n) is 0.985. The van der Waals surface area contributed by atoms with Crippen molar-refractivity contribution < 1.29 is 15.0 Å². The van der Waals surface area contributed by atoms with Gasteiger partial charge in [-0.3, -0.25) is 4.79 Å². The molecular formula is C9H18O3. The minimum absolute atomic E-state index is 0.129.